The first kappa shape index (κ1) is 14.1. The number of likely N-dealkylation sites (tertiary alicyclic amines) is 1. The van der Waals surface area contributed by atoms with E-state index >= 15 is 0 Å². The number of carboxylic acid groups (broad SMARTS) is 1. The van der Waals surface area contributed by atoms with Gasteiger partial charge in [0.05, 0.1) is 5.56 Å². The van der Waals surface area contributed by atoms with Crippen molar-refractivity contribution in [2.75, 3.05) is 19.6 Å². The lowest BCUT2D eigenvalue weighted by Gasteiger charge is -2.50. The molecule has 1 heterocycles. The monoisotopic (exact) mass is 261 g/mol. The molecule has 1 aromatic carbocycles. The van der Waals surface area contributed by atoms with E-state index in [0.29, 0.717) is 11.0 Å². The molecule has 1 aliphatic rings. The van der Waals surface area contributed by atoms with Crippen molar-refractivity contribution in [2.45, 2.75) is 33.1 Å². The van der Waals surface area contributed by atoms with Crippen LogP contribution in [0.15, 0.2) is 24.3 Å². The van der Waals surface area contributed by atoms with Crippen molar-refractivity contribution in [1.29, 1.82) is 0 Å². The van der Waals surface area contributed by atoms with E-state index in [1.807, 2.05) is 12.1 Å². The SMILES string of the molecule is CCC1(CC)CN(CCc2ccc(C(=O)O)cc2)C1. The van der Waals surface area contributed by atoms with E-state index in [-0.39, 0.29) is 0 Å². The van der Waals surface area contributed by atoms with Crippen LogP contribution in [0.5, 0.6) is 0 Å². The zero-order valence-electron chi connectivity index (χ0n) is 11.9. The summed E-state index contributed by atoms with van der Waals surface area (Å²) in [4.78, 5) is 13.3. The number of aromatic carboxylic acids is 1. The summed E-state index contributed by atoms with van der Waals surface area (Å²) in [7, 11) is 0. The Bertz CT molecular complexity index is 427. The Morgan fingerprint density at radius 1 is 1.21 bits per heavy atom. The number of hydrogen-bond donors (Lipinski definition) is 1. The van der Waals surface area contributed by atoms with Gasteiger partial charge in [-0.1, -0.05) is 26.0 Å². The number of benzene rings is 1. The van der Waals surface area contributed by atoms with Crippen LogP contribution in [0.2, 0.25) is 0 Å². The molecule has 0 spiro atoms. The summed E-state index contributed by atoms with van der Waals surface area (Å²) in [6.07, 6.45) is 3.55. The second kappa shape index (κ2) is 5.74. The van der Waals surface area contributed by atoms with Gasteiger partial charge >= 0.3 is 5.97 Å². The molecule has 0 atom stereocenters. The van der Waals surface area contributed by atoms with Gasteiger partial charge in [-0.05, 0) is 42.4 Å². The Hall–Kier alpha value is -1.35. The molecule has 0 bridgehead atoms. The van der Waals surface area contributed by atoms with Crippen molar-refractivity contribution < 1.29 is 9.90 Å². The largest absolute Gasteiger partial charge is 0.478 e. The Morgan fingerprint density at radius 3 is 2.26 bits per heavy atom. The highest BCUT2D eigenvalue weighted by Crippen LogP contribution is 2.36. The number of hydrogen-bond acceptors (Lipinski definition) is 2. The standard InChI is InChI=1S/C16H23NO2/c1-3-16(4-2)11-17(12-16)10-9-13-5-7-14(8-6-13)15(18)19/h5-8H,3-4,9-12H2,1-2H3,(H,18,19). The van der Waals surface area contributed by atoms with Crippen LogP contribution in [-0.4, -0.2) is 35.6 Å². The maximum atomic E-state index is 10.8. The first-order valence-corrected chi connectivity index (χ1v) is 7.13. The number of carbonyl (C=O) groups is 1. The zero-order chi connectivity index (χ0) is 13.9. The number of nitrogens with zero attached hydrogens (tertiary/aromatic N) is 1. The van der Waals surface area contributed by atoms with E-state index in [0.717, 1.165) is 13.0 Å². The summed E-state index contributed by atoms with van der Waals surface area (Å²) in [5.41, 5.74) is 2.15. The van der Waals surface area contributed by atoms with Gasteiger partial charge in [0.15, 0.2) is 0 Å². The number of carboxylic acids is 1. The van der Waals surface area contributed by atoms with Crippen molar-refractivity contribution in [3.8, 4) is 0 Å². The fourth-order valence-corrected chi connectivity index (χ4v) is 2.86. The predicted molar refractivity (Wildman–Crippen MR) is 76.6 cm³/mol. The fourth-order valence-electron chi connectivity index (χ4n) is 2.86. The Morgan fingerprint density at radius 2 is 1.79 bits per heavy atom. The summed E-state index contributed by atoms with van der Waals surface area (Å²) in [6.45, 7) is 8.07. The van der Waals surface area contributed by atoms with Gasteiger partial charge in [0.25, 0.3) is 0 Å². The highest BCUT2D eigenvalue weighted by molar-refractivity contribution is 5.87. The average molecular weight is 261 g/mol. The van der Waals surface area contributed by atoms with Gasteiger partial charge in [-0.15, -0.1) is 0 Å². The van der Waals surface area contributed by atoms with E-state index in [2.05, 4.69) is 18.7 Å². The molecule has 19 heavy (non-hydrogen) atoms. The quantitative estimate of drug-likeness (QED) is 0.855. The molecule has 1 fully saturated rings. The molecular weight excluding hydrogens is 238 g/mol. The van der Waals surface area contributed by atoms with Gasteiger partial charge in [0.1, 0.15) is 0 Å². The molecule has 0 aliphatic carbocycles. The third-order valence-corrected chi connectivity index (χ3v) is 4.54. The molecule has 1 N–H and O–H groups in total. The lowest BCUT2D eigenvalue weighted by Crippen LogP contribution is -2.56. The van der Waals surface area contributed by atoms with Gasteiger partial charge in [0, 0.05) is 19.6 Å². The molecule has 0 amide bonds. The minimum Gasteiger partial charge on any atom is -0.478 e. The van der Waals surface area contributed by atoms with Crippen LogP contribution in [-0.2, 0) is 6.42 Å². The Kier molecular flexibility index (Phi) is 4.25. The van der Waals surface area contributed by atoms with Gasteiger partial charge in [-0.3, -0.25) is 0 Å². The summed E-state index contributed by atoms with van der Waals surface area (Å²) in [6, 6.07) is 7.23. The first-order chi connectivity index (χ1) is 9.08. The second-order valence-electron chi connectivity index (χ2n) is 5.67. The predicted octanol–water partition coefficient (Wildman–Crippen LogP) is 3.05. The highest BCUT2D eigenvalue weighted by atomic mass is 16.4. The maximum Gasteiger partial charge on any atom is 0.335 e. The molecule has 1 aliphatic heterocycles. The average Bonchev–Trinajstić information content (AvgIpc) is 2.38. The third-order valence-electron chi connectivity index (χ3n) is 4.54. The van der Waals surface area contributed by atoms with E-state index < -0.39 is 5.97 Å². The maximum absolute atomic E-state index is 10.8. The molecule has 3 nitrogen and oxygen atoms in total. The normalized spacial score (nSPS) is 18.0. The molecule has 0 radical (unpaired) electrons. The molecule has 0 unspecified atom stereocenters. The van der Waals surface area contributed by atoms with E-state index in [9.17, 15) is 4.79 Å². The molecule has 1 aromatic rings. The van der Waals surface area contributed by atoms with E-state index in [1.54, 1.807) is 12.1 Å². The lowest BCUT2D eigenvalue weighted by atomic mass is 9.75. The fraction of sp³-hybridized carbons (Fsp3) is 0.562. The minimum atomic E-state index is -0.857. The molecular formula is C16H23NO2. The van der Waals surface area contributed by atoms with Crippen LogP contribution in [0.25, 0.3) is 0 Å². The van der Waals surface area contributed by atoms with Gasteiger partial charge in [0.2, 0.25) is 0 Å². The summed E-state index contributed by atoms with van der Waals surface area (Å²) >= 11 is 0. The number of rotatable bonds is 6. The first-order valence-electron chi connectivity index (χ1n) is 7.13. The van der Waals surface area contributed by atoms with Crippen molar-refractivity contribution in [2.24, 2.45) is 5.41 Å². The topological polar surface area (TPSA) is 40.5 Å². The second-order valence-corrected chi connectivity index (χ2v) is 5.67. The van der Waals surface area contributed by atoms with Crippen LogP contribution in [0.1, 0.15) is 42.6 Å². The molecule has 2 rings (SSSR count). The molecule has 1 saturated heterocycles. The van der Waals surface area contributed by atoms with Gasteiger partial charge in [-0.25, -0.2) is 4.79 Å². The smallest absolute Gasteiger partial charge is 0.335 e. The van der Waals surface area contributed by atoms with Crippen molar-refractivity contribution >= 4 is 5.97 Å². The van der Waals surface area contributed by atoms with Crippen LogP contribution in [0.4, 0.5) is 0 Å². The molecule has 0 aromatic heterocycles. The summed E-state index contributed by atoms with van der Waals surface area (Å²) in [5.74, 6) is -0.857. The van der Waals surface area contributed by atoms with E-state index in [1.165, 1.54) is 31.5 Å². The van der Waals surface area contributed by atoms with Crippen molar-refractivity contribution in [3.05, 3.63) is 35.4 Å². The van der Waals surface area contributed by atoms with Crippen molar-refractivity contribution in [3.63, 3.8) is 0 Å². The molecule has 3 heteroatoms. The van der Waals surface area contributed by atoms with Gasteiger partial charge < -0.3 is 10.0 Å². The Labute approximate surface area is 115 Å². The third kappa shape index (κ3) is 3.16. The van der Waals surface area contributed by atoms with Gasteiger partial charge in [-0.2, -0.15) is 0 Å². The van der Waals surface area contributed by atoms with Crippen LogP contribution < -0.4 is 0 Å². The molecule has 0 saturated carbocycles. The van der Waals surface area contributed by atoms with Crippen LogP contribution >= 0.6 is 0 Å². The molecule has 104 valence electrons. The van der Waals surface area contributed by atoms with Crippen LogP contribution in [0.3, 0.4) is 0 Å². The summed E-state index contributed by atoms with van der Waals surface area (Å²) < 4.78 is 0. The minimum absolute atomic E-state index is 0.365. The van der Waals surface area contributed by atoms with E-state index in [4.69, 9.17) is 5.11 Å². The summed E-state index contributed by atoms with van der Waals surface area (Å²) in [5, 5.41) is 8.84. The highest BCUT2D eigenvalue weighted by Gasteiger charge is 2.38. The zero-order valence-corrected chi connectivity index (χ0v) is 11.9. The lowest BCUT2D eigenvalue weighted by molar-refractivity contribution is -0.00477. The van der Waals surface area contributed by atoms with Crippen LogP contribution in [0, 0.1) is 5.41 Å². The Balaban J connectivity index is 1.79. The van der Waals surface area contributed by atoms with Crippen molar-refractivity contribution in [1.82, 2.24) is 4.90 Å².